The van der Waals surface area contributed by atoms with Crippen LogP contribution < -0.4 is 5.73 Å². The number of benzene rings is 2. The summed E-state index contributed by atoms with van der Waals surface area (Å²) in [6.07, 6.45) is 0.237. The van der Waals surface area contributed by atoms with Crippen molar-refractivity contribution >= 4 is 5.82 Å². The van der Waals surface area contributed by atoms with Gasteiger partial charge < -0.3 is 5.73 Å². The van der Waals surface area contributed by atoms with Gasteiger partial charge in [-0.1, -0.05) is 48.0 Å². The van der Waals surface area contributed by atoms with E-state index in [4.69, 9.17) is 5.73 Å². The van der Waals surface area contributed by atoms with Crippen molar-refractivity contribution < 1.29 is 4.39 Å². The highest BCUT2D eigenvalue weighted by Gasteiger charge is 2.17. The number of hydrogen-bond acceptors (Lipinski definition) is 3. The zero-order valence-electron chi connectivity index (χ0n) is 13.3. The molecule has 2 N–H and O–H groups in total. The second-order valence-electron chi connectivity index (χ2n) is 5.73. The van der Waals surface area contributed by atoms with Crippen molar-refractivity contribution in [3.05, 3.63) is 82.3 Å². The van der Waals surface area contributed by atoms with Gasteiger partial charge in [0.15, 0.2) is 0 Å². The van der Waals surface area contributed by atoms with E-state index in [9.17, 15) is 9.65 Å². The van der Waals surface area contributed by atoms with E-state index in [1.807, 2.05) is 31.2 Å². The maximum atomic E-state index is 13.9. The van der Waals surface area contributed by atoms with E-state index < -0.39 is 0 Å². The van der Waals surface area contributed by atoms with Crippen molar-refractivity contribution in [1.82, 2.24) is 9.78 Å². The molecule has 0 amide bonds. The number of rotatable bonds is 4. The molecule has 0 fully saturated rings. The zero-order valence-corrected chi connectivity index (χ0v) is 13.3. The van der Waals surface area contributed by atoms with E-state index in [0.29, 0.717) is 29.2 Å². The first-order chi connectivity index (χ1) is 11.6. The molecule has 0 aliphatic carbocycles. The van der Waals surface area contributed by atoms with Crippen LogP contribution in [0.2, 0.25) is 0 Å². The lowest BCUT2D eigenvalue weighted by Gasteiger charge is -2.04. The van der Waals surface area contributed by atoms with Gasteiger partial charge in [0, 0.05) is 6.42 Å². The molecule has 1 aromatic heterocycles. The second kappa shape index (κ2) is 6.55. The van der Waals surface area contributed by atoms with Gasteiger partial charge in [-0.3, -0.25) is 0 Å². The van der Waals surface area contributed by atoms with E-state index in [-0.39, 0.29) is 12.2 Å². The molecule has 0 bridgehead atoms. The summed E-state index contributed by atoms with van der Waals surface area (Å²) in [4.78, 5) is 0. The van der Waals surface area contributed by atoms with Gasteiger partial charge in [-0.15, -0.1) is 0 Å². The fourth-order valence-electron chi connectivity index (χ4n) is 2.58. The molecule has 1 heterocycles. The number of hydrogen-bond donors (Lipinski definition) is 1. The molecule has 2 aromatic carbocycles. The average molecular weight is 320 g/mol. The quantitative estimate of drug-likeness (QED) is 0.801. The smallest absolute Gasteiger partial charge is 0.140 e. The zero-order chi connectivity index (χ0) is 17.1. The summed E-state index contributed by atoms with van der Waals surface area (Å²) in [7, 11) is 0. The molecule has 4 nitrogen and oxygen atoms in total. The molecule has 0 radical (unpaired) electrons. The summed E-state index contributed by atoms with van der Waals surface area (Å²) in [5.41, 5.74) is 9.58. The highest BCUT2D eigenvalue weighted by molar-refractivity contribution is 5.53. The number of nitrogens with zero attached hydrogens (tertiary/aromatic N) is 3. The number of aromatic nitrogens is 2. The predicted molar refractivity (Wildman–Crippen MR) is 90.8 cm³/mol. The van der Waals surface area contributed by atoms with Crippen LogP contribution in [0.15, 0.2) is 48.5 Å². The Balaban J connectivity index is 1.92. The Hall–Kier alpha value is -3.13. The van der Waals surface area contributed by atoms with Gasteiger partial charge in [0.2, 0.25) is 0 Å². The lowest BCUT2D eigenvalue weighted by molar-refractivity contribution is 0.611. The minimum atomic E-state index is -0.312. The minimum absolute atomic E-state index is 0.237. The van der Waals surface area contributed by atoms with Crippen molar-refractivity contribution in [2.45, 2.75) is 19.9 Å². The molecule has 0 saturated carbocycles. The maximum absolute atomic E-state index is 13.9. The van der Waals surface area contributed by atoms with Gasteiger partial charge >= 0.3 is 0 Å². The minimum Gasteiger partial charge on any atom is -0.383 e. The van der Waals surface area contributed by atoms with Gasteiger partial charge in [-0.2, -0.15) is 10.4 Å². The van der Waals surface area contributed by atoms with E-state index in [0.717, 1.165) is 5.56 Å². The summed E-state index contributed by atoms with van der Waals surface area (Å²) in [5.74, 6) is -0.00235. The topological polar surface area (TPSA) is 67.6 Å². The molecule has 5 heteroatoms. The van der Waals surface area contributed by atoms with Crippen molar-refractivity contribution in [2.75, 3.05) is 5.73 Å². The number of nitrogen functional groups attached to an aromatic ring is 1. The molecule has 0 saturated heterocycles. The molecule has 0 atom stereocenters. The summed E-state index contributed by atoms with van der Waals surface area (Å²) < 4.78 is 15.5. The number of halogens is 1. The highest BCUT2D eigenvalue weighted by atomic mass is 19.1. The normalized spacial score (nSPS) is 10.5. The summed E-state index contributed by atoms with van der Waals surface area (Å²) >= 11 is 0. The first kappa shape index (κ1) is 15.8. The first-order valence-corrected chi connectivity index (χ1v) is 7.62. The standard InChI is InChI=1S/C19H17FN4/c1-13-6-8-14(9-7-13)12-24-19(22)16(11-21)18(23-24)10-15-4-2-3-5-17(15)20/h2-9H,10,12,22H2,1H3. The van der Waals surface area contributed by atoms with Crippen LogP contribution in [0.25, 0.3) is 0 Å². The highest BCUT2D eigenvalue weighted by Crippen LogP contribution is 2.21. The summed E-state index contributed by atoms with van der Waals surface area (Å²) in [5, 5.41) is 13.8. The molecule has 0 unspecified atom stereocenters. The Bertz CT molecular complexity index is 904. The Morgan fingerprint density at radius 1 is 1.17 bits per heavy atom. The molecule has 3 aromatic rings. The Morgan fingerprint density at radius 3 is 2.54 bits per heavy atom. The van der Waals surface area contributed by atoms with Crippen molar-refractivity contribution in [1.29, 1.82) is 5.26 Å². The number of aryl methyl sites for hydroxylation is 1. The third kappa shape index (κ3) is 3.13. The van der Waals surface area contributed by atoms with Crippen molar-refractivity contribution in [3.63, 3.8) is 0 Å². The van der Waals surface area contributed by atoms with E-state index in [1.165, 1.54) is 11.6 Å². The monoisotopic (exact) mass is 320 g/mol. The van der Waals surface area contributed by atoms with Crippen LogP contribution in [0, 0.1) is 24.1 Å². The fourth-order valence-corrected chi connectivity index (χ4v) is 2.58. The lowest BCUT2D eigenvalue weighted by atomic mass is 10.1. The van der Waals surface area contributed by atoms with Gasteiger partial charge in [0.25, 0.3) is 0 Å². The van der Waals surface area contributed by atoms with Crippen molar-refractivity contribution in [3.8, 4) is 6.07 Å². The average Bonchev–Trinajstić information content (AvgIpc) is 2.87. The predicted octanol–water partition coefficient (Wildman–Crippen LogP) is 3.42. The molecule has 120 valence electrons. The third-order valence-electron chi connectivity index (χ3n) is 3.94. The Kier molecular flexibility index (Phi) is 4.30. The molecule has 0 spiro atoms. The van der Waals surface area contributed by atoms with Crippen LogP contribution in [0.3, 0.4) is 0 Å². The van der Waals surface area contributed by atoms with E-state index >= 15 is 0 Å². The number of nitrogens with two attached hydrogens (primary N) is 1. The first-order valence-electron chi connectivity index (χ1n) is 7.62. The molecule has 0 aliphatic heterocycles. The maximum Gasteiger partial charge on any atom is 0.140 e. The van der Waals surface area contributed by atoms with Crippen LogP contribution in [-0.4, -0.2) is 9.78 Å². The number of anilines is 1. The largest absolute Gasteiger partial charge is 0.383 e. The molecule has 24 heavy (non-hydrogen) atoms. The van der Waals surface area contributed by atoms with Crippen LogP contribution in [-0.2, 0) is 13.0 Å². The molecule has 3 rings (SSSR count). The molecule has 0 aliphatic rings. The summed E-state index contributed by atoms with van der Waals surface area (Å²) in [6.45, 7) is 2.49. The van der Waals surface area contributed by atoms with Gasteiger partial charge in [0.05, 0.1) is 12.2 Å². The van der Waals surface area contributed by atoms with Crippen LogP contribution >= 0.6 is 0 Å². The Labute approximate surface area is 140 Å². The lowest BCUT2D eigenvalue weighted by Crippen LogP contribution is -2.06. The van der Waals surface area contributed by atoms with Gasteiger partial charge in [-0.05, 0) is 24.1 Å². The van der Waals surface area contributed by atoms with Gasteiger partial charge in [0.1, 0.15) is 23.3 Å². The fraction of sp³-hybridized carbons (Fsp3) is 0.158. The van der Waals surface area contributed by atoms with Crippen LogP contribution in [0.5, 0.6) is 0 Å². The van der Waals surface area contributed by atoms with E-state index in [2.05, 4.69) is 11.2 Å². The third-order valence-corrected chi connectivity index (χ3v) is 3.94. The van der Waals surface area contributed by atoms with Gasteiger partial charge in [-0.25, -0.2) is 9.07 Å². The number of nitriles is 1. The molecular weight excluding hydrogens is 303 g/mol. The SMILES string of the molecule is Cc1ccc(Cn2nc(Cc3ccccc3F)c(C#N)c2N)cc1. The van der Waals surface area contributed by atoms with Crippen LogP contribution in [0.1, 0.15) is 27.9 Å². The van der Waals surface area contributed by atoms with Crippen LogP contribution in [0.4, 0.5) is 10.2 Å². The Morgan fingerprint density at radius 2 is 1.88 bits per heavy atom. The summed E-state index contributed by atoms with van der Waals surface area (Å²) in [6, 6.07) is 16.6. The van der Waals surface area contributed by atoms with Crippen molar-refractivity contribution in [2.24, 2.45) is 0 Å². The molecular formula is C19H17FN4. The van der Waals surface area contributed by atoms with E-state index in [1.54, 1.807) is 22.9 Å². The second-order valence-corrected chi connectivity index (χ2v) is 5.73.